The zero-order valence-corrected chi connectivity index (χ0v) is 20.0. The number of benzene rings is 2. The maximum absolute atomic E-state index is 13.0. The summed E-state index contributed by atoms with van der Waals surface area (Å²) in [4.78, 5) is 27.2. The van der Waals surface area contributed by atoms with Crippen molar-refractivity contribution < 1.29 is 9.59 Å². The molecule has 0 aliphatic carbocycles. The Hall–Kier alpha value is -1.50. The maximum Gasteiger partial charge on any atom is 0.242 e. The first-order valence-corrected chi connectivity index (χ1v) is 11.8. The molecule has 2 aromatic carbocycles. The molecule has 0 aliphatic rings. The van der Waals surface area contributed by atoms with E-state index in [1.54, 1.807) is 35.7 Å². The molecule has 0 spiro atoms. The van der Waals surface area contributed by atoms with Crippen LogP contribution in [0.2, 0.25) is 5.02 Å². The zero-order valence-electron chi connectivity index (χ0n) is 16.8. The fraction of sp³-hybridized carbons (Fsp3) is 0.364. The molecule has 2 amide bonds. The second-order valence-electron chi connectivity index (χ2n) is 7.11. The molecule has 0 aliphatic heterocycles. The van der Waals surface area contributed by atoms with E-state index in [4.69, 9.17) is 11.6 Å². The second-order valence-corrected chi connectivity index (χ2v) is 9.44. The van der Waals surface area contributed by atoms with Gasteiger partial charge >= 0.3 is 0 Å². The molecule has 0 unspecified atom stereocenters. The zero-order chi connectivity index (χ0) is 21.4. The molecule has 156 valence electrons. The van der Waals surface area contributed by atoms with E-state index in [9.17, 15) is 9.59 Å². The molecule has 2 rings (SSSR count). The molecule has 2 aromatic rings. The number of amides is 2. The Morgan fingerprint density at radius 2 is 1.62 bits per heavy atom. The van der Waals surface area contributed by atoms with Gasteiger partial charge in [0, 0.05) is 27.8 Å². The summed E-state index contributed by atoms with van der Waals surface area (Å²) >= 11 is 10.9. The summed E-state index contributed by atoms with van der Waals surface area (Å²) in [6.45, 7) is 5.94. The van der Waals surface area contributed by atoms with Crippen LogP contribution < -0.4 is 5.32 Å². The minimum absolute atomic E-state index is 0.0178. The van der Waals surface area contributed by atoms with Crippen molar-refractivity contribution in [2.75, 3.05) is 5.75 Å². The van der Waals surface area contributed by atoms with Gasteiger partial charge in [-0.1, -0.05) is 51.8 Å². The van der Waals surface area contributed by atoms with Gasteiger partial charge in [-0.2, -0.15) is 0 Å². The van der Waals surface area contributed by atoms with E-state index in [0.29, 0.717) is 17.3 Å². The molecule has 0 aromatic heterocycles. The number of hydrogen-bond donors (Lipinski definition) is 1. The molecule has 0 fully saturated rings. The van der Waals surface area contributed by atoms with Gasteiger partial charge in [-0.3, -0.25) is 9.59 Å². The quantitative estimate of drug-likeness (QED) is 0.513. The van der Waals surface area contributed by atoms with Crippen molar-refractivity contribution in [2.45, 2.75) is 45.2 Å². The van der Waals surface area contributed by atoms with Crippen molar-refractivity contribution in [3.8, 4) is 0 Å². The highest BCUT2D eigenvalue weighted by Crippen LogP contribution is 2.18. The highest BCUT2D eigenvalue weighted by atomic mass is 79.9. The minimum Gasteiger partial charge on any atom is -0.352 e. The lowest BCUT2D eigenvalue weighted by Gasteiger charge is -2.29. The van der Waals surface area contributed by atoms with Gasteiger partial charge in [-0.25, -0.2) is 0 Å². The third-order valence-corrected chi connectivity index (χ3v) is 6.04. The summed E-state index contributed by atoms with van der Waals surface area (Å²) < 4.78 is 1.03. The first kappa shape index (κ1) is 23.8. The molecule has 0 bridgehead atoms. The molecular formula is C22H26BrClN2O2S. The Balaban J connectivity index is 2.05. The number of nitrogens with one attached hydrogen (secondary N) is 1. The summed E-state index contributed by atoms with van der Waals surface area (Å²) in [5.41, 5.74) is 2.09. The molecule has 29 heavy (non-hydrogen) atoms. The van der Waals surface area contributed by atoms with Gasteiger partial charge in [0.25, 0.3) is 0 Å². The summed E-state index contributed by atoms with van der Waals surface area (Å²) in [5, 5.41) is 3.54. The average Bonchev–Trinajstić information content (AvgIpc) is 2.68. The molecule has 0 saturated heterocycles. The Morgan fingerprint density at radius 3 is 2.21 bits per heavy atom. The number of carbonyl (C=O) groups is 2. The lowest BCUT2D eigenvalue weighted by atomic mass is 10.1. The van der Waals surface area contributed by atoms with Crippen LogP contribution in [0.5, 0.6) is 0 Å². The van der Waals surface area contributed by atoms with Crippen LogP contribution in [0.4, 0.5) is 0 Å². The number of halogens is 2. The normalized spacial score (nSPS) is 11.9. The molecule has 0 radical (unpaired) electrons. The number of thioether (sulfide) groups is 1. The number of hydrogen-bond acceptors (Lipinski definition) is 3. The second kappa shape index (κ2) is 11.6. The Kier molecular flexibility index (Phi) is 9.53. The van der Waals surface area contributed by atoms with Gasteiger partial charge in [-0.05, 0) is 56.2 Å². The maximum atomic E-state index is 13.0. The molecule has 0 saturated carbocycles. The topological polar surface area (TPSA) is 49.4 Å². The number of carbonyl (C=O) groups excluding carboxylic acids is 2. The van der Waals surface area contributed by atoms with Crippen molar-refractivity contribution >= 4 is 51.1 Å². The average molecular weight is 498 g/mol. The molecule has 1 N–H and O–H groups in total. The first-order chi connectivity index (χ1) is 13.8. The SMILES string of the molecule is CC(C)NC(=O)[C@H](C)N(Cc1ccc(Cl)cc1)C(=O)CSCc1ccc(Br)cc1. The largest absolute Gasteiger partial charge is 0.352 e. The van der Waals surface area contributed by atoms with E-state index in [1.165, 1.54) is 0 Å². The predicted octanol–water partition coefficient (Wildman–Crippen LogP) is 5.28. The van der Waals surface area contributed by atoms with Crippen LogP contribution in [-0.4, -0.2) is 34.6 Å². The predicted molar refractivity (Wildman–Crippen MR) is 125 cm³/mol. The smallest absolute Gasteiger partial charge is 0.242 e. The van der Waals surface area contributed by atoms with Crippen molar-refractivity contribution in [3.05, 3.63) is 69.2 Å². The summed E-state index contributed by atoms with van der Waals surface area (Å²) in [6, 6.07) is 14.8. The standard InChI is InChI=1S/C22H26BrClN2O2S/c1-15(2)25-22(28)16(3)26(12-17-6-10-20(24)11-7-17)21(27)14-29-13-18-4-8-19(23)9-5-18/h4-11,15-16H,12-14H2,1-3H3,(H,25,28)/t16-/m0/s1. The summed E-state index contributed by atoms with van der Waals surface area (Å²) in [6.07, 6.45) is 0. The van der Waals surface area contributed by atoms with Gasteiger partial charge in [-0.15, -0.1) is 11.8 Å². The van der Waals surface area contributed by atoms with Crippen LogP contribution in [0, 0.1) is 0 Å². The van der Waals surface area contributed by atoms with Gasteiger partial charge in [0.1, 0.15) is 6.04 Å². The highest BCUT2D eigenvalue weighted by molar-refractivity contribution is 9.10. The van der Waals surface area contributed by atoms with Crippen LogP contribution in [0.15, 0.2) is 53.0 Å². The van der Waals surface area contributed by atoms with Crippen molar-refractivity contribution in [3.63, 3.8) is 0 Å². The van der Waals surface area contributed by atoms with Gasteiger partial charge in [0.05, 0.1) is 5.75 Å². The Bertz CT molecular complexity index is 813. The fourth-order valence-corrected chi connectivity index (χ4v) is 3.95. The van der Waals surface area contributed by atoms with Crippen LogP contribution in [0.25, 0.3) is 0 Å². The van der Waals surface area contributed by atoms with E-state index in [-0.39, 0.29) is 17.9 Å². The van der Waals surface area contributed by atoms with Gasteiger partial charge < -0.3 is 10.2 Å². The number of rotatable bonds is 9. The van der Waals surface area contributed by atoms with E-state index >= 15 is 0 Å². The van der Waals surface area contributed by atoms with E-state index in [1.807, 2.05) is 50.2 Å². The molecule has 1 atom stereocenters. The van der Waals surface area contributed by atoms with Crippen molar-refractivity contribution in [1.82, 2.24) is 10.2 Å². The summed E-state index contributed by atoms with van der Waals surface area (Å²) in [7, 11) is 0. The Morgan fingerprint density at radius 1 is 1.03 bits per heavy atom. The third kappa shape index (κ3) is 8.03. The van der Waals surface area contributed by atoms with E-state index < -0.39 is 6.04 Å². The van der Waals surface area contributed by atoms with Gasteiger partial charge in [0.15, 0.2) is 0 Å². The summed E-state index contributed by atoms with van der Waals surface area (Å²) in [5.74, 6) is 0.831. The minimum atomic E-state index is -0.561. The van der Waals surface area contributed by atoms with Crippen molar-refractivity contribution in [1.29, 1.82) is 0 Å². The fourth-order valence-electron chi connectivity index (χ4n) is 2.69. The lowest BCUT2D eigenvalue weighted by molar-refractivity contribution is -0.138. The van der Waals surface area contributed by atoms with Crippen LogP contribution in [0.3, 0.4) is 0 Å². The first-order valence-electron chi connectivity index (χ1n) is 9.42. The third-order valence-electron chi connectivity index (χ3n) is 4.27. The highest BCUT2D eigenvalue weighted by Gasteiger charge is 2.26. The lowest BCUT2D eigenvalue weighted by Crippen LogP contribution is -2.49. The molecular weight excluding hydrogens is 472 g/mol. The van der Waals surface area contributed by atoms with Crippen LogP contribution in [-0.2, 0) is 21.9 Å². The van der Waals surface area contributed by atoms with E-state index in [2.05, 4.69) is 21.2 Å². The Labute approximate surface area is 190 Å². The molecule has 7 heteroatoms. The molecule has 0 heterocycles. The van der Waals surface area contributed by atoms with E-state index in [0.717, 1.165) is 21.4 Å². The molecule has 4 nitrogen and oxygen atoms in total. The monoisotopic (exact) mass is 496 g/mol. The number of nitrogens with zero attached hydrogens (tertiary/aromatic N) is 1. The van der Waals surface area contributed by atoms with Crippen LogP contribution in [0.1, 0.15) is 31.9 Å². The van der Waals surface area contributed by atoms with Crippen LogP contribution >= 0.6 is 39.3 Å². The van der Waals surface area contributed by atoms with Crippen molar-refractivity contribution in [2.24, 2.45) is 0 Å². The van der Waals surface area contributed by atoms with Gasteiger partial charge in [0.2, 0.25) is 11.8 Å².